The lowest BCUT2D eigenvalue weighted by Gasteiger charge is -2.37. The Bertz CT molecular complexity index is 1180. The highest BCUT2D eigenvalue weighted by atomic mass is 14.7. The first kappa shape index (κ1) is 22.7. The third-order valence-corrected chi connectivity index (χ3v) is 13.6. The smallest absolute Gasteiger partial charge is 0.0128 e. The van der Waals surface area contributed by atoms with Gasteiger partial charge in [-0.25, -0.2) is 0 Å². The van der Waals surface area contributed by atoms with Crippen molar-refractivity contribution in [3.8, 4) is 0 Å². The first-order chi connectivity index (χ1) is 18.6. The zero-order chi connectivity index (χ0) is 25.1. The number of allylic oxidation sites excluding steroid dienone is 4. The van der Waals surface area contributed by atoms with E-state index in [1.54, 1.807) is 11.1 Å². The minimum absolute atomic E-state index is 0.875. The summed E-state index contributed by atoms with van der Waals surface area (Å²) in [6.07, 6.45) is 19.2. The highest BCUT2D eigenvalue weighted by molar-refractivity contribution is 5.32. The van der Waals surface area contributed by atoms with E-state index in [9.17, 15) is 0 Å². The minimum atomic E-state index is 0.875. The fraction of sp³-hybridized carbons (Fsp3) is 0.579. The second-order valence-corrected chi connectivity index (χ2v) is 15.0. The normalized spacial score (nSPS) is 49.0. The fourth-order valence-electron chi connectivity index (χ4n) is 12.4. The van der Waals surface area contributed by atoms with Gasteiger partial charge in [0.1, 0.15) is 0 Å². The fourth-order valence-corrected chi connectivity index (χ4v) is 12.4. The molecule has 0 saturated heterocycles. The summed E-state index contributed by atoms with van der Waals surface area (Å²) in [6.45, 7) is 4.39. The molecule has 6 fully saturated rings. The first-order valence-corrected chi connectivity index (χ1v) is 16.1. The minimum Gasteiger partial charge on any atom is -0.0848 e. The SMILES string of the molecule is Cc1ccc(C2CC3CC2C2C4C=CC(C4)C32)cc1.Cc1ccc(C2CC3CC2C2C4C=CC(C4)C32)cc1. The van der Waals surface area contributed by atoms with Gasteiger partial charge in [-0.1, -0.05) is 84.0 Å². The summed E-state index contributed by atoms with van der Waals surface area (Å²) in [4.78, 5) is 0. The maximum atomic E-state index is 2.55. The zero-order valence-electron chi connectivity index (χ0n) is 23.3. The van der Waals surface area contributed by atoms with Crippen LogP contribution in [0, 0.1) is 84.9 Å². The van der Waals surface area contributed by atoms with Crippen LogP contribution in [0.3, 0.4) is 0 Å². The number of hydrogen-bond donors (Lipinski definition) is 0. The predicted molar refractivity (Wildman–Crippen MR) is 156 cm³/mol. The quantitative estimate of drug-likeness (QED) is 0.285. The van der Waals surface area contributed by atoms with Gasteiger partial charge < -0.3 is 0 Å². The molecule has 8 aliphatic rings. The van der Waals surface area contributed by atoms with Crippen molar-refractivity contribution in [3.63, 3.8) is 0 Å². The molecule has 0 aliphatic heterocycles. The van der Waals surface area contributed by atoms with Crippen molar-refractivity contribution in [3.05, 3.63) is 95.1 Å². The van der Waals surface area contributed by atoms with Gasteiger partial charge in [0, 0.05) is 0 Å². The monoisotopic (exact) mass is 500 g/mol. The van der Waals surface area contributed by atoms with Crippen molar-refractivity contribution < 1.29 is 0 Å². The molecule has 0 amide bonds. The van der Waals surface area contributed by atoms with Gasteiger partial charge >= 0.3 is 0 Å². The van der Waals surface area contributed by atoms with Gasteiger partial charge in [0.2, 0.25) is 0 Å². The summed E-state index contributed by atoms with van der Waals surface area (Å²) in [5, 5.41) is 0. The summed E-state index contributed by atoms with van der Waals surface area (Å²) in [7, 11) is 0. The molecule has 8 bridgehead atoms. The Morgan fingerprint density at radius 1 is 0.421 bits per heavy atom. The van der Waals surface area contributed by atoms with Crippen molar-refractivity contribution in [2.45, 2.75) is 64.2 Å². The van der Waals surface area contributed by atoms with Crippen molar-refractivity contribution in [1.82, 2.24) is 0 Å². The Labute approximate surface area is 230 Å². The molecule has 0 heteroatoms. The van der Waals surface area contributed by atoms with E-state index in [-0.39, 0.29) is 0 Å². The summed E-state index contributed by atoms with van der Waals surface area (Å²) in [6, 6.07) is 18.8. The molecule has 14 unspecified atom stereocenters. The molecule has 2 aromatic rings. The average molecular weight is 501 g/mol. The van der Waals surface area contributed by atoms with Crippen LogP contribution in [0.1, 0.15) is 72.6 Å². The van der Waals surface area contributed by atoms with Crippen LogP contribution in [0.2, 0.25) is 0 Å². The lowest BCUT2D eigenvalue weighted by atomic mass is 9.68. The van der Waals surface area contributed by atoms with E-state index in [0.29, 0.717) is 0 Å². The van der Waals surface area contributed by atoms with Crippen LogP contribution in [0.15, 0.2) is 72.8 Å². The predicted octanol–water partition coefficient (Wildman–Crippen LogP) is 9.11. The van der Waals surface area contributed by atoms with Gasteiger partial charge in [-0.3, -0.25) is 0 Å². The Balaban J connectivity index is 0.000000111. The second kappa shape index (κ2) is 8.22. The van der Waals surface area contributed by atoms with Crippen molar-refractivity contribution >= 4 is 0 Å². The largest absolute Gasteiger partial charge is 0.0848 e. The summed E-state index contributed by atoms with van der Waals surface area (Å²) >= 11 is 0. The Morgan fingerprint density at radius 2 is 0.789 bits per heavy atom. The van der Waals surface area contributed by atoms with E-state index in [2.05, 4.69) is 86.7 Å². The van der Waals surface area contributed by atoms with Crippen molar-refractivity contribution in [2.24, 2.45) is 71.0 Å². The highest BCUT2D eigenvalue weighted by Crippen LogP contribution is 2.70. The molecule has 0 nitrogen and oxygen atoms in total. The number of hydrogen-bond acceptors (Lipinski definition) is 0. The van der Waals surface area contributed by atoms with Gasteiger partial charge in [0.25, 0.3) is 0 Å². The van der Waals surface area contributed by atoms with E-state index in [1.165, 1.54) is 49.7 Å². The van der Waals surface area contributed by atoms with E-state index in [1.807, 2.05) is 0 Å². The Hall–Kier alpha value is -2.08. The van der Waals surface area contributed by atoms with Gasteiger partial charge in [0.15, 0.2) is 0 Å². The maximum absolute atomic E-state index is 2.55. The summed E-state index contributed by atoms with van der Waals surface area (Å²) < 4.78 is 0. The third-order valence-electron chi connectivity index (χ3n) is 13.6. The lowest BCUT2D eigenvalue weighted by molar-refractivity contribution is 0.185. The first-order valence-electron chi connectivity index (χ1n) is 16.1. The van der Waals surface area contributed by atoms with E-state index >= 15 is 0 Å². The Kier molecular flexibility index (Phi) is 4.91. The van der Waals surface area contributed by atoms with Gasteiger partial charge in [-0.2, -0.15) is 0 Å². The van der Waals surface area contributed by atoms with Crippen LogP contribution >= 0.6 is 0 Å². The molecule has 10 rings (SSSR count). The number of benzene rings is 2. The number of rotatable bonds is 2. The molecule has 38 heavy (non-hydrogen) atoms. The molecular formula is C38H44. The van der Waals surface area contributed by atoms with E-state index in [0.717, 1.165) is 82.9 Å². The molecule has 6 saturated carbocycles. The lowest BCUT2D eigenvalue weighted by Crippen LogP contribution is -2.30. The topological polar surface area (TPSA) is 0 Å². The Morgan fingerprint density at radius 3 is 1.18 bits per heavy atom. The van der Waals surface area contributed by atoms with Crippen LogP contribution in [0.4, 0.5) is 0 Å². The van der Waals surface area contributed by atoms with Gasteiger partial charge in [0.05, 0.1) is 0 Å². The van der Waals surface area contributed by atoms with Crippen molar-refractivity contribution in [2.75, 3.05) is 0 Å². The zero-order valence-corrected chi connectivity index (χ0v) is 23.3. The molecule has 8 aliphatic carbocycles. The second-order valence-electron chi connectivity index (χ2n) is 15.0. The number of fused-ring (bicyclic) bond motifs is 18. The van der Waals surface area contributed by atoms with Crippen LogP contribution in [-0.2, 0) is 0 Å². The van der Waals surface area contributed by atoms with Crippen LogP contribution in [0.25, 0.3) is 0 Å². The molecule has 2 aromatic carbocycles. The summed E-state index contributed by atoms with van der Waals surface area (Å²) in [5.41, 5.74) is 6.05. The molecule has 0 radical (unpaired) electrons. The number of aryl methyl sites for hydroxylation is 2. The average Bonchev–Trinajstić information content (AvgIpc) is 3.78. The van der Waals surface area contributed by atoms with E-state index in [4.69, 9.17) is 0 Å². The molecule has 0 heterocycles. The summed E-state index contributed by atoms with van der Waals surface area (Å²) in [5.74, 6) is 13.9. The molecule has 196 valence electrons. The molecular weight excluding hydrogens is 456 g/mol. The van der Waals surface area contributed by atoms with Crippen LogP contribution in [-0.4, -0.2) is 0 Å². The standard InChI is InChI=1S/2C19H22/c2*1-11-2-4-12(5-3-11)16-9-15-10-17(16)19-14-7-6-13(8-14)18(15)19/h2*2-7,13-19H,8-10H2,1H3. The van der Waals surface area contributed by atoms with Gasteiger partial charge in [-0.15, -0.1) is 0 Å². The molecule has 14 atom stereocenters. The molecule has 0 N–H and O–H groups in total. The molecule has 0 aromatic heterocycles. The highest BCUT2D eigenvalue weighted by Gasteiger charge is 2.62. The maximum Gasteiger partial charge on any atom is -0.0128 e. The van der Waals surface area contributed by atoms with Crippen LogP contribution < -0.4 is 0 Å². The third kappa shape index (κ3) is 3.16. The van der Waals surface area contributed by atoms with Gasteiger partial charge in [-0.05, 0) is 146 Å². The van der Waals surface area contributed by atoms with E-state index < -0.39 is 0 Å². The van der Waals surface area contributed by atoms with Crippen LogP contribution in [0.5, 0.6) is 0 Å². The van der Waals surface area contributed by atoms with Crippen molar-refractivity contribution in [1.29, 1.82) is 0 Å². The molecule has 0 spiro atoms.